The van der Waals surface area contributed by atoms with Gasteiger partial charge in [-0.3, -0.25) is 4.79 Å². The molecule has 2 aromatic heterocycles. The lowest BCUT2D eigenvalue weighted by molar-refractivity contribution is 0.615. The highest BCUT2D eigenvalue weighted by Crippen LogP contribution is 2.19. The maximum absolute atomic E-state index is 12.1. The minimum atomic E-state index is -1.26. The highest BCUT2D eigenvalue weighted by Gasteiger charge is 2.23. The zero-order valence-electron chi connectivity index (χ0n) is 12.4. The van der Waals surface area contributed by atoms with Crippen LogP contribution in [-0.2, 0) is 11.0 Å². The summed E-state index contributed by atoms with van der Waals surface area (Å²) in [5, 5.41) is 1.24. The van der Waals surface area contributed by atoms with E-state index in [-0.39, 0.29) is 11.6 Å². The Morgan fingerprint density at radius 3 is 2.67 bits per heavy atom. The quantitative estimate of drug-likeness (QED) is 0.910. The van der Waals surface area contributed by atoms with E-state index in [1.807, 2.05) is 20.8 Å². The van der Waals surface area contributed by atoms with Crippen molar-refractivity contribution in [2.75, 3.05) is 0 Å². The third-order valence-corrected chi connectivity index (χ3v) is 4.88. The van der Waals surface area contributed by atoms with E-state index in [0.29, 0.717) is 16.2 Å². The van der Waals surface area contributed by atoms with E-state index in [1.54, 1.807) is 19.1 Å². The summed E-state index contributed by atoms with van der Waals surface area (Å²) in [6, 6.07) is 3.11. The van der Waals surface area contributed by atoms with Crippen molar-refractivity contribution >= 4 is 33.6 Å². The average Bonchev–Trinajstić information content (AvgIpc) is 2.37. The fraction of sp³-hybridized carbons (Fsp3) is 0.429. The maximum Gasteiger partial charge on any atom is 0.254 e. The van der Waals surface area contributed by atoms with Crippen LogP contribution in [0.5, 0.6) is 0 Å². The van der Waals surface area contributed by atoms with Crippen molar-refractivity contribution in [2.45, 2.75) is 38.5 Å². The smallest absolute Gasteiger partial charge is 0.254 e. The van der Waals surface area contributed by atoms with Gasteiger partial charge in [0.25, 0.3) is 5.56 Å². The second kappa shape index (κ2) is 5.87. The molecular formula is C14H18ClN3O2S. The van der Waals surface area contributed by atoms with E-state index in [9.17, 15) is 9.00 Å². The Balaban J connectivity index is 2.39. The normalized spacial score (nSPS) is 15.1. The predicted molar refractivity (Wildman–Crippen MR) is 86.8 cm³/mol. The number of halogens is 1. The molecule has 0 aliphatic heterocycles. The lowest BCUT2D eigenvalue weighted by atomic mass is 10.1. The predicted octanol–water partition coefficient (Wildman–Crippen LogP) is 2.69. The number of rotatable bonds is 3. The van der Waals surface area contributed by atoms with Crippen LogP contribution in [0, 0.1) is 0 Å². The van der Waals surface area contributed by atoms with Gasteiger partial charge in [0.15, 0.2) is 0 Å². The van der Waals surface area contributed by atoms with Crippen molar-refractivity contribution in [3.05, 3.63) is 39.3 Å². The molecule has 2 heterocycles. The van der Waals surface area contributed by atoms with Gasteiger partial charge in [0.05, 0.1) is 20.8 Å². The van der Waals surface area contributed by atoms with Crippen LogP contribution >= 0.6 is 11.6 Å². The minimum absolute atomic E-state index is 0.247. The van der Waals surface area contributed by atoms with Gasteiger partial charge in [-0.15, -0.1) is 0 Å². The zero-order chi connectivity index (χ0) is 15.8. The number of hydrogen-bond acceptors (Lipinski definition) is 3. The van der Waals surface area contributed by atoms with Crippen molar-refractivity contribution in [3.8, 4) is 0 Å². The Kier molecular flexibility index (Phi) is 4.51. The second-order valence-corrected chi connectivity index (χ2v) is 8.30. The second-order valence-electron chi connectivity index (χ2n) is 5.87. The number of H-pyrrole nitrogens is 1. The van der Waals surface area contributed by atoms with Gasteiger partial charge in [0.2, 0.25) is 0 Å². The third kappa shape index (κ3) is 3.70. The number of nitrogens with zero attached hydrogens (tertiary/aromatic N) is 1. The van der Waals surface area contributed by atoms with E-state index in [4.69, 9.17) is 11.6 Å². The van der Waals surface area contributed by atoms with E-state index < -0.39 is 15.7 Å². The average molecular weight is 328 g/mol. The van der Waals surface area contributed by atoms with Gasteiger partial charge >= 0.3 is 0 Å². The number of fused-ring (bicyclic) bond motifs is 1. The number of aromatic nitrogens is 2. The molecule has 7 heteroatoms. The molecule has 0 aromatic carbocycles. The fourth-order valence-corrected chi connectivity index (χ4v) is 2.77. The van der Waals surface area contributed by atoms with Crippen molar-refractivity contribution in [2.24, 2.45) is 0 Å². The number of pyridine rings is 2. The summed E-state index contributed by atoms with van der Waals surface area (Å²) in [6.07, 6.45) is 1.48. The van der Waals surface area contributed by atoms with Gasteiger partial charge in [0, 0.05) is 23.2 Å². The molecule has 0 bridgehead atoms. The molecule has 114 valence electrons. The monoisotopic (exact) mass is 327 g/mol. The summed E-state index contributed by atoms with van der Waals surface area (Å²) in [7, 11) is -1.26. The number of nitrogens with one attached hydrogen (secondary N) is 2. The summed E-state index contributed by atoms with van der Waals surface area (Å²) in [5.41, 5.74) is 0.740. The molecular weight excluding hydrogens is 310 g/mol. The van der Waals surface area contributed by atoms with Crippen LogP contribution < -0.4 is 10.3 Å². The molecule has 2 N–H and O–H groups in total. The molecule has 0 aliphatic carbocycles. The molecule has 5 nitrogen and oxygen atoms in total. The first-order valence-corrected chi connectivity index (χ1v) is 8.08. The van der Waals surface area contributed by atoms with Crippen LogP contribution in [0.1, 0.15) is 39.3 Å². The molecule has 0 saturated heterocycles. The van der Waals surface area contributed by atoms with Gasteiger partial charge < -0.3 is 4.98 Å². The third-order valence-electron chi connectivity index (χ3n) is 3.00. The van der Waals surface area contributed by atoms with Crippen LogP contribution in [0.15, 0.2) is 23.1 Å². The Labute approximate surface area is 130 Å². The molecule has 21 heavy (non-hydrogen) atoms. The van der Waals surface area contributed by atoms with Crippen molar-refractivity contribution < 1.29 is 4.21 Å². The summed E-state index contributed by atoms with van der Waals surface area (Å²) in [4.78, 5) is 18.9. The van der Waals surface area contributed by atoms with Crippen LogP contribution in [0.2, 0.25) is 5.02 Å². The van der Waals surface area contributed by atoms with Gasteiger partial charge in [-0.25, -0.2) is 13.9 Å². The van der Waals surface area contributed by atoms with E-state index >= 15 is 0 Å². The van der Waals surface area contributed by atoms with Crippen molar-refractivity contribution in [1.82, 2.24) is 14.7 Å². The lowest BCUT2D eigenvalue weighted by Crippen LogP contribution is -2.36. The van der Waals surface area contributed by atoms with Gasteiger partial charge in [0.1, 0.15) is 5.65 Å². The van der Waals surface area contributed by atoms with Crippen molar-refractivity contribution in [1.29, 1.82) is 0 Å². The summed E-state index contributed by atoms with van der Waals surface area (Å²) >= 11 is 5.92. The Morgan fingerprint density at radius 1 is 1.38 bits per heavy atom. The number of hydrogen-bond donors (Lipinski definition) is 2. The van der Waals surface area contributed by atoms with Gasteiger partial charge in [-0.1, -0.05) is 11.6 Å². The molecule has 0 aliphatic rings. The van der Waals surface area contributed by atoms with Crippen LogP contribution in [0.25, 0.3) is 11.0 Å². The zero-order valence-corrected chi connectivity index (χ0v) is 13.9. The molecule has 2 aromatic rings. The molecule has 0 saturated carbocycles. The molecule has 0 spiro atoms. The standard InChI is InChI=1S/C14H18ClN3O2S/c1-8(18-21(20)14(2,3)4)11-6-9-5-10(15)7-16-12(9)17-13(11)19/h5-8,18H,1-4H3,(H,16,17,19)/t8-,21?/m0/s1. The van der Waals surface area contributed by atoms with Crippen LogP contribution in [-0.4, -0.2) is 18.9 Å². The first-order valence-electron chi connectivity index (χ1n) is 6.55. The summed E-state index contributed by atoms with van der Waals surface area (Å²) in [5.74, 6) is 0. The van der Waals surface area contributed by atoms with Gasteiger partial charge in [-0.05, 0) is 39.8 Å². The number of aromatic amines is 1. The minimum Gasteiger partial charge on any atom is -0.306 e. The largest absolute Gasteiger partial charge is 0.306 e. The van der Waals surface area contributed by atoms with Crippen LogP contribution in [0.3, 0.4) is 0 Å². The Bertz CT molecular complexity index is 752. The fourth-order valence-electron chi connectivity index (χ4n) is 1.80. The summed E-state index contributed by atoms with van der Waals surface area (Å²) in [6.45, 7) is 7.42. The molecule has 1 unspecified atom stereocenters. The van der Waals surface area contributed by atoms with E-state index in [0.717, 1.165) is 5.39 Å². The Morgan fingerprint density at radius 2 is 2.05 bits per heavy atom. The van der Waals surface area contributed by atoms with E-state index in [1.165, 1.54) is 6.20 Å². The Hall–Kier alpha value is -1.24. The van der Waals surface area contributed by atoms with Gasteiger partial charge in [-0.2, -0.15) is 0 Å². The molecule has 2 rings (SSSR count). The molecule has 0 radical (unpaired) electrons. The van der Waals surface area contributed by atoms with Crippen molar-refractivity contribution in [3.63, 3.8) is 0 Å². The highest BCUT2D eigenvalue weighted by atomic mass is 35.5. The molecule has 0 fully saturated rings. The highest BCUT2D eigenvalue weighted by molar-refractivity contribution is 7.84. The molecule has 2 atom stereocenters. The summed E-state index contributed by atoms with van der Waals surface area (Å²) < 4.78 is 14.7. The first kappa shape index (κ1) is 16.1. The molecule has 0 amide bonds. The maximum atomic E-state index is 12.1. The lowest BCUT2D eigenvalue weighted by Gasteiger charge is -2.21. The van der Waals surface area contributed by atoms with E-state index in [2.05, 4.69) is 14.7 Å². The first-order chi connectivity index (χ1) is 9.68. The van der Waals surface area contributed by atoms with Crippen LogP contribution in [0.4, 0.5) is 0 Å². The topological polar surface area (TPSA) is 74.8 Å². The SMILES string of the molecule is C[C@H](NS(=O)C(C)(C)C)c1cc2cc(Cl)cnc2[nH]c1=O.